The molecule has 116 valence electrons. The molecule has 4 heteroatoms. The van der Waals surface area contributed by atoms with Crippen LogP contribution in [0.2, 0.25) is 0 Å². The minimum absolute atomic E-state index is 0.148. The molecule has 0 amide bonds. The number of ether oxygens (including phenoxy) is 1. The first kappa shape index (κ1) is 15.8. The van der Waals surface area contributed by atoms with Crippen molar-refractivity contribution in [3.8, 4) is 5.88 Å². The Morgan fingerprint density at radius 1 is 1.33 bits per heavy atom. The van der Waals surface area contributed by atoms with Gasteiger partial charge < -0.3 is 9.84 Å². The predicted molar refractivity (Wildman–Crippen MR) is 82.0 cm³/mol. The van der Waals surface area contributed by atoms with Gasteiger partial charge >= 0.3 is 5.97 Å². The Bertz CT molecular complexity index is 513. The van der Waals surface area contributed by atoms with Crippen molar-refractivity contribution in [1.82, 2.24) is 4.98 Å². The molecule has 1 aliphatic rings. The minimum Gasteiger partial charge on any atom is -0.478 e. The molecule has 0 atom stereocenters. The summed E-state index contributed by atoms with van der Waals surface area (Å²) in [4.78, 5) is 15.7. The summed E-state index contributed by atoms with van der Waals surface area (Å²) in [5, 5.41) is 9.21. The first-order chi connectivity index (χ1) is 9.77. The molecule has 0 bridgehead atoms. The second-order valence-electron chi connectivity index (χ2n) is 7.06. The highest BCUT2D eigenvalue weighted by atomic mass is 16.5. The Morgan fingerprint density at radius 3 is 2.48 bits per heavy atom. The molecule has 0 spiro atoms. The Hall–Kier alpha value is -1.58. The van der Waals surface area contributed by atoms with E-state index in [4.69, 9.17) is 4.74 Å². The monoisotopic (exact) mass is 291 g/mol. The van der Waals surface area contributed by atoms with Gasteiger partial charge in [0.25, 0.3) is 0 Å². The molecule has 0 saturated heterocycles. The van der Waals surface area contributed by atoms with Gasteiger partial charge in [0.2, 0.25) is 5.88 Å². The summed E-state index contributed by atoms with van der Waals surface area (Å²) in [7, 11) is 0. The van der Waals surface area contributed by atoms with Crippen LogP contribution in [0, 0.1) is 5.41 Å². The fraction of sp³-hybridized carbons (Fsp3) is 0.647. The number of nitrogens with zero attached hydrogens (tertiary/aromatic N) is 1. The molecule has 2 rings (SSSR count). The van der Waals surface area contributed by atoms with Crippen LogP contribution in [0.15, 0.2) is 12.1 Å². The van der Waals surface area contributed by atoms with Crippen molar-refractivity contribution < 1.29 is 14.6 Å². The molecule has 0 unspecified atom stereocenters. The number of hydrogen-bond acceptors (Lipinski definition) is 3. The van der Waals surface area contributed by atoms with Gasteiger partial charge in [0.15, 0.2) is 0 Å². The van der Waals surface area contributed by atoms with Crippen molar-refractivity contribution in [1.29, 1.82) is 0 Å². The summed E-state index contributed by atoms with van der Waals surface area (Å²) < 4.78 is 5.96. The van der Waals surface area contributed by atoms with Crippen molar-refractivity contribution >= 4 is 5.97 Å². The van der Waals surface area contributed by atoms with Gasteiger partial charge in [0.1, 0.15) is 6.10 Å². The van der Waals surface area contributed by atoms with E-state index in [-0.39, 0.29) is 17.6 Å². The number of aromatic nitrogens is 1. The third-order valence-electron chi connectivity index (χ3n) is 4.23. The van der Waals surface area contributed by atoms with E-state index in [1.54, 1.807) is 6.07 Å². The van der Waals surface area contributed by atoms with E-state index in [0.29, 0.717) is 11.3 Å². The largest absolute Gasteiger partial charge is 0.478 e. The third-order valence-corrected chi connectivity index (χ3v) is 4.23. The Kier molecular flexibility index (Phi) is 4.55. The van der Waals surface area contributed by atoms with Gasteiger partial charge in [-0.15, -0.1) is 0 Å². The van der Waals surface area contributed by atoms with Crippen molar-refractivity contribution in [3.63, 3.8) is 0 Å². The highest BCUT2D eigenvalue weighted by Gasteiger charge is 2.28. The second-order valence-corrected chi connectivity index (χ2v) is 7.06. The van der Waals surface area contributed by atoms with Crippen molar-refractivity contribution in [3.05, 3.63) is 23.4 Å². The standard InChI is InChI=1S/C17H25NO3/c1-11(2)14-9-12(16(19)20)10-15(18-14)21-13-5-7-17(3,4)8-6-13/h9-11,13H,5-8H2,1-4H3,(H,19,20). The molecule has 1 saturated carbocycles. The molecule has 1 aromatic rings. The zero-order valence-electron chi connectivity index (χ0n) is 13.3. The lowest BCUT2D eigenvalue weighted by Crippen LogP contribution is -2.28. The normalized spacial score (nSPS) is 18.7. The number of carboxylic acids is 1. The van der Waals surface area contributed by atoms with Crippen LogP contribution < -0.4 is 4.74 Å². The van der Waals surface area contributed by atoms with Crippen molar-refractivity contribution in [2.45, 2.75) is 65.4 Å². The summed E-state index contributed by atoms with van der Waals surface area (Å²) in [6.07, 6.45) is 4.42. The van der Waals surface area contributed by atoms with E-state index in [9.17, 15) is 9.90 Å². The third kappa shape index (κ3) is 4.19. The molecule has 1 fully saturated rings. The smallest absolute Gasteiger partial charge is 0.335 e. The summed E-state index contributed by atoms with van der Waals surface area (Å²) in [5.74, 6) is -0.311. The maximum atomic E-state index is 11.2. The van der Waals surface area contributed by atoms with E-state index in [1.165, 1.54) is 6.07 Å². The van der Waals surface area contributed by atoms with Crippen LogP contribution in [0.25, 0.3) is 0 Å². The zero-order valence-corrected chi connectivity index (χ0v) is 13.3. The fourth-order valence-corrected chi connectivity index (χ4v) is 2.67. The van der Waals surface area contributed by atoms with Gasteiger partial charge in [0.05, 0.1) is 5.56 Å². The van der Waals surface area contributed by atoms with Gasteiger partial charge in [-0.25, -0.2) is 9.78 Å². The molecular formula is C17H25NO3. The number of aromatic carboxylic acids is 1. The van der Waals surface area contributed by atoms with Crippen LogP contribution >= 0.6 is 0 Å². The molecule has 0 aromatic carbocycles. The molecule has 1 N–H and O–H groups in total. The van der Waals surface area contributed by atoms with E-state index in [0.717, 1.165) is 31.4 Å². The van der Waals surface area contributed by atoms with Gasteiger partial charge in [-0.05, 0) is 43.1 Å². The van der Waals surface area contributed by atoms with Gasteiger partial charge in [0, 0.05) is 11.8 Å². The topological polar surface area (TPSA) is 59.4 Å². The average molecular weight is 291 g/mol. The summed E-state index contributed by atoms with van der Waals surface area (Å²) >= 11 is 0. The van der Waals surface area contributed by atoms with Crippen molar-refractivity contribution in [2.75, 3.05) is 0 Å². The van der Waals surface area contributed by atoms with Gasteiger partial charge in [-0.1, -0.05) is 27.7 Å². The average Bonchev–Trinajstić information content (AvgIpc) is 2.41. The van der Waals surface area contributed by atoms with E-state index >= 15 is 0 Å². The Morgan fingerprint density at radius 2 is 1.95 bits per heavy atom. The number of pyridine rings is 1. The number of rotatable bonds is 4. The van der Waals surface area contributed by atoms with E-state index < -0.39 is 5.97 Å². The Balaban J connectivity index is 2.14. The SMILES string of the molecule is CC(C)c1cc(C(=O)O)cc(OC2CCC(C)(C)CC2)n1. The van der Waals surface area contributed by atoms with Crippen LogP contribution in [0.5, 0.6) is 5.88 Å². The second kappa shape index (κ2) is 6.04. The molecule has 21 heavy (non-hydrogen) atoms. The Labute approximate surface area is 126 Å². The summed E-state index contributed by atoms with van der Waals surface area (Å²) in [6, 6.07) is 3.16. The first-order valence-electron chi connectivity index (χ1n) is 7.69. The number of carboxylic acid groups (broad SMARTS) is 1. The first-order valence-corrected chi connectivity index (χ1v) is 7.69. The van der Waals surface area contributed by atoms with Gasteiger partial charge in [-0.2, -0.15) is 0 Å². The highest BCUT2D eigenvalue weighted by molar-refractivity contribution is 5.88. The van der Waals surface area contributed by atoms with Crippen LogP contribution in [0.4, 0.5) is 0 Å². The minimum atomic E-state index is -0.936. The lowest BCUT2D eigenvalue weighted by Gasteiger charge is -2.34. The maximum Gasteiger partial charge on any atom is 0.335 e. The van der Waals surface area contributed by atoms with Crippen LogP contribution in [0.1, 0.15) is 75.3 Å². The van der Waals surface area contributed by atoms with Crippen LogP contribution in [-0.4, -0.2) is 22.2 Å². The number of carbonyl (C=O) groups is 1. The highest BCUT2D eigenvalue weighted by Crippen LogP contribution is 2.36. The molecule has 1 heterocycles. The molecule has 4 nitrogen and oxygen atoms in total. The lowest BCUT2D eigenvalue weighted by atomic mass is 9.76. The zero-order chi connectivity index (χ0) is 15.6. The van der Waals surface area contributed by atoms with Crippen LogP contribution in [0.3, 0.4) is 0 Å². The van der Waals surface area contributed by atoms with Crippen LogP contribution in [-0.2, 0) is 0 Å². The fourth-order valence-electron chi connectivity index (χ4n) is 2.67. The van der Waals surface area contributed by atoms with Gasteiger partial charge in [-0.3, -0.25) is 0 Å². The lowest BCUT2D eigenvalue weighted by molar-refractivity contribution is 0.0693. The molecule has 0 aliphatic heterocycles. The number of hydrogen-bond donors (Lipinski definition) is 1. The van der Waals surface area contributed by atoms with E-state index in [2.05, 4.69) is 18.8 Å². The molecule has 0 radical (unpaired) electrons. The maximum absolute atomic E-state index is 11.2. The molecular weight excluding hydrogens is 266 g/mol. The predicted octanol–water partition coefficient (Wildman–Crippen LogP) is 4.25. The quantitative estimate of drug-likeness (QED) is 0.900. The summed E-state index contributed by atoms with van der Waals surface area (Å²) in [6.45, 7) is 8.56. The summed E-state index contributed by atoms with van der Waals surface area (Å²) in [5.41, 5.74) is 1.40. The molecule has 1 aliphatic carbocycles. The van der Waals surface area contributed by atoms with Crippen molar-refractivity contribution in [2.24, 2.45) is 5.41 Å². The van der Waals surface area contributed by atoms with E-state index in [1.807, 2.05) is 13.8 Å². The molecule has 1 aromatic heterocycles.